The zero-order chi connectivity index (χ0) is 21.4. The Morgan fingerprint density at radius 2 is 1.75 bits per heavy atom. The molecule has 0 radical (unpaired) electrons. The first-order chi connectivity index (χ1) is 11.1. The molecule has 0 spiro atoms. The first-order valence-corrected chi connectivity index (χ1v) is 12.4. The molecule has 0 heterocycles. The molecule has 5 heteroatoms. The van der Waals surface area contributed by atoms with Gasteiger partial charge in [-0.25, -0.2) is 0 Å². The van der Waals surface area contributed by atoms with Crippen LogP contribution in [0, 0.1) is 0 Å². The molecule has 0 saturated heterocycles. The van der Waals surface area contributed by atoms with Crippen molar-refractivity contribution in [3.63, 3.8) is 0 Å². The average Bonchev–Trinajstić information content (AvgIpc) is 2.31. The molecule has 0 saturated carbocycles. The molecule has 0 N–H and O–H groups in total. The highest BCUT2D eigenvalue weighted by Crippen LogP contribution is 2.37. The smallest absolute Gasteiger partial charge is 0.191 e. The fraction of sp³-hybridized carbons (Fsp3) is 0.933. The summed E-state index contributed by atoms with van der Waals surface area (Å²) in [6.07, 6.45) is -9.49. The molecule has 0 amide bonds. The highest BCUT2D eigenvalue weighted by Gasteiger charge is 2.36. The van der Waals surface area contributed by atoms with Gasteiger partial charge in [0.15, 0.2) is 8.32 Å². The van der Waals surface area contributed by atoms with E-state index < -0.39 is 53.4 Å². The first kappa shape index (κ1) is 11.6. The van der Waals surface area contributed by atoms with Crippen LogP contribution in [0.3, 0.4) is 0 Å². The van der Waals surface area contributed by atoms with Crippen molar-refractivity contribution in [3.8, 4) is 0 Å². The van der Waals surface area contributed by atoms with Crippen LogP contribution in [-0.2, 0) is 13.8 Å². The van der Waals surface area contributed by atoms with Crippen LogP contribution in [0.2, 0.25) is 18.1 Å². The third-order valence-electron chi connectivity index (χ3n) is 3.33. The van der Waals surface area contributed by atoms with Gasteiger partial charge in [-0.1, -0.05) is 27.1 Å². The summed E-state index contributed by atoms with van der Waals surface area (Å²) < 4.78 is 65.7. The van der Waals surface area contributed by atoms with E-state index in [1.807, 2.05) is 33.9 Å². The van der Waals surface area contributed by atoms with Crippen LogP contribution in [0.4, 0.5) is 0 Å². The zero-order valence-corrected chi connectivity index (χ0v) is 15.7. The molecule has 0 fully saturated rings. The predicted octanol–water partition coefficient (Wildman–Crippen LogP) is 4.76. The number of Topliss-reactive ketones (excluding diaryl/α,β-unsaturated/α-hetero) is 1. The summed E-state index contributed by atoms with van der Waals surface area (Å²) >= 11 is 0. The molecule has 0 aliphatic rings. The number of ketones is 1. The summed E-state index contributed by atoms with van der Waals surface area (Å²) in [5, 5.41) is -0.200. The fourth-order valence-electron chi connectivity index (χ4n) is 1.15. The summed E-state index contributed by atoms with van der Waals surface area (Å²) in [5.74, 6) is -0.673. The van der Waals surface area contributed by atoms with Crippen molar-refractivity contribution in [3.05, 3.63) is 0 Å². The van der Waals surface area contributed by atoms with E-state index in [9.17, 15) is 9.36 Å². The molecule has 120 valence electrons. The van der Waals surface area contributed by atoms with Crippen LogP contribution in [-0.4, -0.2) is 40.2 Å². The minimum absolute atomic E-state index is 0.200. The van der Waals surface area contributed by atoms with E-state index in [1.54, 1.807) is 0 Å². The number of rotatable bonds is 9. The van der Waals surface area contributed by atoms with Crippen molar-refractivity contribution in [2.24, 2.45) is 0 Å². The molecule has 0 aliphatic carbocycles. The third-order valence-corrected chi connectivity index (χ3v) is 8.92. The van der Waals surface area contributed by atoms with Crippen LogP contribution in [0.1, 0.15) is 54.5 Å². The average molecular weight is 327 g/mol. The maximum atomic E-state index is 12.0. The molecular formula is C15H33O3PSi. The fourth-order valence-corrected chi connectivity index (χ4v) is 2.98. The Kier molecular flexibility index (Phi) is 4.59. The molecule has 3 nitrogen and oxygen atoms in total. The van der Waals surface area contributed by atoms with Crippen LogP contribution in [0.5, 0.6) is 0 Å². The van der Waals surface area contributed by atoms with E-state index in [1.165, 1.54) is 13.3 Å². The van der Waals surface area contributed by atoms with Crippen molar-refractivity contribution < 1.29 is 22.0 Å². The summed E-state index contributed by atoms with van der Waals surface area (Å²) in [7, 11) is -5.06. The van der Waals surface area contributed by atoms with Gasteiger partial charge in [0.25, 0.3) is 0 Å². The maximum absolute atomic E-state index is 12.0. The second-order valence-electron chi connectivity index (χ2n) is 6.98. The molecular weight excluding hydrogens is 287 g/mol. The number of carbonyl (C=O) groups is 1. The zero-order valence-electron chi connectivity index (χ0n) is 19.8. The lowest BCUT2D eigenvalue weighted by atomic mass is 10.1. The Bertz CT molecular complexity index is 566. The predicted molar refractivity (Wildman–Crippen MR) is 90.9 cm³/mol. The molecule has 0 aromatic heterocycles. The lowest BCUT2D eigenvalue weighted by Crippen LogP contribution is -2.40. The van der Waals surface area contributed by atoms with Gasteiger partial charge < -0.3 is 8.99 Å². The summed E-state index contributed by atoms with van der Waals surface area (Å²) in [5.41, 5.74) is 0. The van der Waals surface area contributed by atoms with E-state index in [0.717, 1.165) is 0 Å². The molecule has 0 atom stereocenters. The van der Waals surface area contributed by atoms with Gasteiger partial charge in [0.2, 0.25) is 0 Å². The lowest BCUT2D eigenvalue weighted by molar-refractivity contribution is -0.116. The Morgan fingerprint density at radius 3 is 2.20 bits per heavy atom. The van der Waals surface area contributed by atoms with Crippen LogP contribution in [0.25, 0.3) is 0 Å². The van der Waals surface area contributed by atoms with Gasteiger partial charge in [0.1, 0.15) is 5.78 Å². The van der Waals surface area contributed by atoms with E-state index in [0.29, 0.717) is 0 Å². The van der Waals surface area contributed by atoms with Gasteiger partial charge in [0, 0.05) is 21.3 Å². The normalized spacial score (nSPS) is 20.1. The van der Waals surface area contributed by atoms with Gasteiger partial charge in [-0.05, 0) is 44.2 Å². The monoisotopic (exact) mass is 326 g/mol. The SMILES string of the molecule is [2H]C([2H])(CO[Si](C)(C)C(C)(C)C)C([2H])([2H])C([2H])([2H])CC(=O)CP(C)(C)=O. The lowest BCUT2D eigenvalue weighted by Gasteiger charge is -2.36. The molecule has 0 rings (SSSR count). The van der Waals surface area contributed by atoms with Gasteiger partial charge in [-0.15, -0.1) is 0 Å². The van der Waals surface area contributed by atoms with Crippen molar-refractivity contribution in [2.75, 3.05) is 26.1 Å². The third kappa shape index (κ3) is 9.09. The minimum Gasteiger partial charge on any atom is -0.417 e. The number of hydrogen-bond acceptors (Lipinski definition) is 3. The summed E-state index contributed by atoms with van der Waals surface area (Å²) in [6.45, 7) is 11.9. The second kappa shape index (κ2) is 7.91. The molecule has 20 heavy (non-hydrogen) atoms. The number of carbonyl (C=O) groups excluding carboxylic acids is 1. The van der Waals surface area contributed by atoms with Crippen molar-refractivity contribution in [1.29, 1.82) is 0 Å². The standard InChI is InChI=1S/C15H33O3PSi/c1-15(2,3)20(6,7)18-12-10-8-9-11-14(16)13-19(4,5)17/h8-13H2,1-7H3/i8D2,9D2,10D2. The van der Waals surface area contributed by atoms with Crippen molar-refractivity contribution in [2.45, 2.75) is 64.4 Å². The largest absolute Gasteiger partial charge is 0.417 e. The topological polar surface area (TPSA) is 43.4 Å². The van der Waals surface area contributed by atoms with Gasteiger partial charge in [-0.2, -0.15) is 0 Å². The number of hydrogen-bond donors (Lipinski definition) is 0. The second-order valence-corrected chi connectivity index (χ2v) is 15.2. The highest BCUT2D eigenvalue weighted by atomic mass is 31.2. The molecule has 0 aromatic carbocycles. The molecule has 0 aromatic rings. The van der Waals surface area contributed by atoms with Gasteiger partial charge in [-0.3, -0.25) is 4.79 Å². The van der Waals surface area contributed by atoms with E-state index in [-0.39, 0.29) is 11.2 Å². The van der Waals surface area contributed by atoms with Crippen LogP contribution >= 0.6 is 7.14 Å². The maximum Gasteiger partial charge on any atom is 0.191 e. The summed E-state index contributed by atoms with van der Waals surface area (Å²) in [6, 6.07) is 0. The van der Waals surface area contributed by atoms with Crippen LogP contribution < -0.4 is 0 Å². The molecule has 0 bridgehead atoms. The molecule has 0 aliphatic heterocycles. The van der Waals surface area contributed by atoms with E-state index >= 15 is 0 Å². The van der Waals surface area contributed by atoms with Gasteiger partial charge in [0.05, 0.1) is 13.3 Å². The van der Waals surface area contributed by atoms with Gasteiger partial charge >= 0.3 is 0 Å². The molecule has 0 unspecified atom stereocenters. The van der Waals surface area contributed by atoms with Crippen molar-refractivity contribution in [1.82, 2.24) is 0 Å². The Balaban J connectivity index is 5.36. The van der Waals surface area contributed by atoms with Crippen LogP contribution in [0.15, 0.2) is 0 Å². The van der Waals surface area contributed by atoms with E-state index in [2.05, 4.69) is 0 Å². The first-order valence-electron chi connectivity index (χ1n) is 9.75. The highest BCUT2D eigenvalue weighted by molar-refractivity contribution is 7.63. The van der Waals surface area contributed by atoms with E-state index in [4.69, 9.17) is 12.7 Å². The Labute approximate surface area is 134 Å². The Hall–Kier alpha value is 0.0769. The van der Waals surface area contributed by atoms with Crippen molar-refractivity contribution >= 4 is 21.2 Å². The summed E-state index contributed by atoms with van der Waals surface area (Å²) in [4.78, 5) is 12.0. The Morgan fingerprint density at radius 1 is 1.20 bits per heavy atom. The minimum atomic E-state index is -2.95. The quantitative estimate of drug-likeness (QED) is 0.453.